The fraction of sp³-hybridized carbons (Fsp3) is 0.550. The van der Waals surface area contributed by atoms with Gasteiger partial charge in [0.2, 0.25) is 11.9 Å². The topological polar surface area (TPSA) is 72.3 Å². The number of rotatable bonds is 9. The lowest BCUT2D eigenvalue weighted by Gasteiger charge is -2.27. The minimum atomic E-state index is -0.0282. The molecule has 1 amide bonds. The minimum absolute atomic E-state index is 0.0282. The third kappa shape index (κ3) is 5.57. The summed E-state index contributed by atoms with van der Waals surface area (Å²) < 4.78 is 7.83. The molecular formula is C20H26ClN5O2S. The van der Waals surface area contributed by atoms with Crippen molar-refractivity contribution in [3.8, 4) is 5.75 Å². The summed E-state index contributed by atoms with van der Waals surface area (Å²) in [4.78, 5) is 14.5. The van der Waals surface area contributed by atoms with Crippen molar-refractivity contribution in [2.45, 2.75) is 43.3 Å². The molecule has 0 unspecified atom stereocenters. The third-order valence-corrected chi connectivity index (χ3v) is 6.23. The Morgan fingerprint density at radius 2 is 1.93 bits per heavy atom. The fourth-order valence-corrected chi connectivity index (χ4v) is 4.36. The number of aromatic nitrogens is 3. The second kappa shape index (κ2) is 9.71. The summed E-state index contributed by atoms with van der Waals surface area (Å²) in [5.74, 6) is 2.01. The Bertz CT molecular complexity index is 819. The van der Waals surface area contributed by atoms with Crippen LogP contribution in [0, 0.1) is 0 Å². The van der Waals surface area contributed by atoms with E-state index in [0.29, 0.717) is 30.0 Å². The maximum atomic E-state index is 12.2. The summed E-state index contributed by atoms with van der Waals surface area (Å²) in [7, 11) is 0. The average molecular weight is 436 g/mol. The van der Waals surface area contributed by atoms with Crippen LogP contribution in [0.1, 0.15) is 38.1 Å². The van der Waals surface area contributed by atoms with Crippen LogP contribution < -0.4 is 15.0 Å². The van der Waals surface area contributed by atoms with E-state index in [2.05, 4.69) is 25.0 Å². The molecule has 0 atom stereocenters. The van der Waals surface area contributed by atoms with Crippen LogP contribution in [0.2, 0.25) is 5.02 Å². The molecule has 4 rings (SSSR count). The van der Waals surface area contributed by atoms with Crippen molar-refractivity contribution in [2.24, 2.45) is 0 Å². The number of hydrogen-bond donors (Lipinski definition) is 1. The van der Waals surface area contributed by atoms with Gasteiger partial charge in [-0.2, -0.15) is 0 Å². The largest absolute Gasteiger partial charge is 0.492 e. The number of nitrogens with zero attached hydrogens (tertiary/aromatic N) is 4. The summed E-state index contributed by atoms with van der Waals surface area (Å²) in [5, 5.41) is 13.2. The maximum Gasteiger partial charge on any atom is 0.230 e. The van der Waals surface area contributed by atoms with Crippen molar-refractivity contribution >= 4 is 35.2 Å². The SMILES string of the molecule is O=C(CSc1nnc(N2CCCCC2)n1C1CC1)NCCOc1ccc(Cl)cc1. The van der Waals surface area contributed by atoms with Crippen molar-refractivity contribution in [1.29, 1.82) is 0 Å². The van der Waals surface area contributed by atoms with Crippen molar-refractivity contribution in [1.82, 2.24) is 20.1 Å². The van der Waals surface area contributed by atoms with Crippen molar-refractivity contribution < 1.29 is 9.53 Å². The second-order valence-corrected chi connectivity index (χ2v) is 8.75. The molecule has 2 aliphatic rings. The fourth-order valence-electron chi connectivity index (χ4n) is 3.40. The highest BCUT2D eigenvalue weighted by Crippen LogP contribution is 2.41. The molecule has 0 radical (unpaired) electrons. The molecule has 29 heavy (non-hydrogen) atoms. The van der Waals surface area contributed by atoms with Crippen LogP contribution in [0.25, 0.3) is 0 Å². The Labute approximate surface area is 180 Å². The highest BCUT2D eigenvalue weighted by atomic mass is 35.5. The zero-order valence-corrected chi connectivity index (χ0v) is 17.9. The predicted octanol–water partition coefficient (Wildman–Crippen LogP) is 3.54. The first-order chi connectivity index (χ1) is 14.2. The first-order valence-electron chi connectivity index (χ1n) is 10.2. The summed E-state index contributed by atoms with van der Waals surface area (Å²) >= 11 is 7.31. The quantitative estimate of drug-likeness (QED) is 0.479. The van der Waals surface area contributed by atoms with Crippen LogP contribution in [-0.2, 0) is 4.79 Å². The predicted molar refractivity (Wildman–Crippen MR) is 115 cm³/mol. The first-order valence-corrected chi connectivity index (χ1v) is 11.5. The average Bonchev–Trinajstić information content (AvgIpc) is 3.50. The zero-order chi connectivity index (χ0) is 20.1. The van der Waals surface area contributed by atoms with E-state index < -0.39 is 0 Å². The van der Waals surface area contributed by atoms with Gasteiger partial charge in [0.25, 0.3) is 0 Å². The van der Waals surface area contributed by atoms with E-state index >= 15 is 0 Å². The lowest BCUT2D eigenvalue weighted by Crippen LogP contribution is -2.32. The number of hydrogen-bond acceptors (Lipinski definition) is 6. The third-order valence-electron chi connectivity index (χ3n) is 5.04. The molecule has 7 nitrogen and oxygen atoms in total. The van der Waals surface area contributed by atoms with Gasteiger partial charge in [0.1, 0.15) is 12.4 Å². The lowest BCUT2D eigenvalue weighted by atomic mass is 10.1. The molecular weight excluding hydrogens is 410 g/mol. The monoisotopic (exact) mass is 435 g/mol. The van der Waals surface area contributed by atoms with Crippen molar-refractivity contribution in [2.75, 3.05) is 36.9 Å². The molecule has 1 N–H and O–H groups in total. The van der Waals surface area contributed by atoms with Crippen LogP contribution >= 0.6 is 23.4 Å². The molecule has 1 aromatic carbocycles. The molecule has 1 aromatic heterocycles. The number of benzene rings is 1. The maximum absolute atomic E-state index is 12.2. The van der Waals surface area contributed by atoms with E-state index in [0.717, 1.165) is 29.9 Å². The normalized spacial score (nSPS) is 16.7. The van der Waals surface area contributed by atoms with Gasteiger partial charge in [-0.15, -0.1) is 10.2 Å². The Balaban J connectivity index is 1.24. The standard InChI is InChI=1S/C20H26ClN5O2S/c21-15-4-8-17(9-5-15)28-13-10-22-18(27)14-29-20-24-23-19(26(20)16-6-7-16)25-11-2-1-3-12-25/h4-5,8-9,16H,1-3,6-7,10-14H2,(H,22,27). The van der Waals surface area contributed by atoms with E-state index in [1.165, 1.54) is 43.9 Å². The summed E-state index contributed by atoms with van der Waals surface area (Å²) in [5.41, 5.74) is 0. The van der Waals surface area contributed by atoms with E-state index in [4.69, 9.17) is 16.3 Å². The number of halogens is 1. The number of anilines is 1. The second-order valence-electron chi connectivity index (χ2n) is 7.37. The molecule has 2 fully saturated rings. The summed E-state index contributed by atoms with van der Waals surface area (Å²) in [6.45, 7) is 2.96. The molecule has 1 aliphatic heterocycles. The molecule has 1 aliphatic carbocycles. The molecule has 156 valence electrons. The first kappa shape index (κ1) is 20.3. The number of carbonyl (C=O) groups is 1. The number of nitrogens with one attached hydrogen (secondary N) is 1. The van der Waals surface area contributed by atoms with Gasteiger partial charge in [-0.3, -0.25) is 9.36 Å². The molecule has 0 bridgehead atoms. The number of ether oxygens (including phenoxy) is 1. The highest BCUT2D eigenvalue weighted by molar-refractivity contribution is 7.99. The number of carbonyl (C=O) groups excluding carboxylic acids is 1. The molecule has 1 saturated carbocycles. The molecule has 9 heteroatoms. The van der Waals surface area contributed by atoms with E-state index in [1.54, 1.807) is 12.1 Å². The van der Waals surface area contributed by atoms with E-state index in [9.17, 15) is 4.79 Å². The smallest absolute Gasteiger partial charge is 0.230 e. The Hall–Kier alpha value is -1.93. The van der Waals surface area contributed by atoms with Gasteiger partial charge >= 0.3 is 0 Å². The molecule has 2 aromatic rings. The molecule has 0 spiro atoms. The lowest BCUT2D eigenvalue weighted by molar-refractivity contribution is -0.118. The van der Waals surface area contributed by atoms with Crippen LogP contribution in [0.4, 0.5) is 5.95 Å². The van der Waals surface area contributed by atoms with Crippen molar-refractivity contribution in [3.05, 3.63) is 29.3 Å². The Morgan fingerprint density at radius 1 is 1.17 bits per heavy atom. The Kier molecular flexibility index (Phi) is 6.82. The van der Waals surface area contributed by atoms with Crippen LogP contribution in [0.3, 0.4) is 0 Å². The summed E-state index contributed by atoms with van der Waals surface area (Å²) in [6.07, 6.45) is 6.04. The van der Waals surface area contributed by atoms with E-state index in [1.807, 2.05) is 12.1 Å². The van der Waals surface area contributed by atoms with Crippen LogP contribution in [-0.4, -0.2) is 52.7 Å². The van der Waals surface area contributed by atoms with Gasteiger partial charge < -0.3 is 15.0 Å². The van der Waals surface area contributed by atoms with Gasteiger partial charge in [0, 0.05) is 24.2 Å². The van der Waals surface area contributed by atoms with Gasteiger partial charge in [0.15, 0.2) is 5.16 Å². The van der Waals surface area contributed by atoms with Crippen LogP contribution in [0.15, 0.2) is 29.4 Å². The zero-order valence-electron chi connectivity index (χ0n) is 16.3. The van der Waals surface area contributed by atoms with Crippen molar-refractivity contribution in [3.63, 3.8) is 0 Å². The van der Waals surface area contributed by atoms with Gasteiger partial charge in [0.05, 0.1) is 12.3 Å². The van der Waals surface area contributed by atoms with Crippen LogP contribution in [0.5, 0.6) is 5.75 Å². The van der Waals surface area contributed by atoms with Gasteiger partial charge in [-0.1, -0.05) is 23.4 Å². The van der Waals surface area contributed by atoms with Gasteiger partial charge in [-0.25, -0.2) is 0 Å². The molecule has 2 heterocycles. The Morgan fingerprint density at radius 3 is 2.66 bits per heavy atom. The molecule has 1 saturated heterocycles. The number of thioether (sulfide) groups is 1. The minimum Gasteiger partial charge on any atom is -0.492 e. The number of amides is 1. The highest BCUT2D eigenvalue weighted by Gasteiger charge is 2.32. The van der Waals surface area contributed by atoms with E-state index in [-0.39, 0.29) is 5.91 Å². The summed E-state index contributed by atoms with van der Waals surface area (Å²) in [6, 6.07) is 7.66. The number of piperidine rings is 1. The van der Waals surface area contributed by atoms with Gasteiger partial charge in [-0.05, 0) is 56.4 Å².